The maximum absolute atomic E-state index is 11.4. The Bertz CT molecular complexity index is 297. The van der Waals surface area contributed by atoms with Gasteiger partial charge in [-0.05, 0) is 47.5 Å². The zero-order valence-electron chi connectivity index (χ0n) is 11.5. The summed E-state index contributed by atoms with van der Waals surface area (Å²) < 4.78 is 5.03. The van der Waals surface area contributed by atoms with Crippen LogP contribution in [0, 0.1) is 0 Å². The summed E-state index contributed by atoms with van der Waals surface area (Å²) in [7, 11) is 0. The Balaban J connectivity index is 4.11. The molecule has 2 atom stereocenters. The predicted molar refractivity (Wildman–Crippen MR) is 69.7 cm³/mol. The minimum Gasteiger partial charge on any atom is -0.457 e. The molecule has 0 spiro atoms. The lowest BCUT2D eigenvalue weighted by Crippen LogP contribution is -2.25. The summed E-state index contributed by atoms with van der Waals surface area (Å²) in [6.07, 6.45) is 4.31. The standard InChI is InChI=1S/C14H24O3/c1-10(2)7-6-8-11(3)9-14(16)17-13(5)12(4)15/h7,9,12-13,15H,6,8H2,1-5H3/b11-9+. The van der Waals surface area contributed by atoms with E-state index in [4.69, 9.17) is 4.74 Å². The molecule has 0 fully saturated rings. The molecule has 0 saturated heterocycles. The molecule has 3 heteroatoms. The van der Waals surface area contributed by atoms with E-state index in [0.29, 0.717) is 0 Å². The number of carbonyl (C=O) groups is 1. The minimum atomic E-state index is -0.640. The molecule has 3 nitrogen and oxygen atoms in total. The topological polar surface area (TPSA) is 46.5 Å². The van der Waals surface area contributed by atoms with Crippen molar-refractivity contribution in [2.75, 3.05) is 0 Å². The van der Waals surface area contributed by atoms with E-state index in [0.717, 1.165) is 18.4 Å². The Labute approximate surface area is 104 Å². The molecular weight excluding hydrogens is 216 g/mol. The van der Waals surface area contributed by atoms with Gasteiger partial charge in [-0.3, -0.25) is 0 Å². The van der Waals surface area contributed by atoms with E-state index in [-0.39, 0.29) is 5.97 Å². The lowest BCUT2D eigenvalue weighted by Gasteiger charge is -2.14. The molecule has 0 bridgehead atoms. The Hall–Kier alpha value is -1.09. The molecule has 2 unspecified atom stereocenters. The maximum Gasteiger partial charge on any atom is 0.331 e. The SMILES string of the molecule is CC(C)=CCC/C(C)=C/C(=O)OC(C)C(C)O. The molecule has 0 saturated carbocycles. The highest BCUT2D eigenvalue weighted by molar-refractivity contribution is 5.82. The second kappa shape index (κ2) is 8.07. The smallest absolute Gasteiger partial charge is 0.331 e. The Kier molecular flexibility index (Phi) is 7.55. The molecule has 0 aromatic carbocycles. The fraction of sp³-hybridized carbons (Fsp3) is 0.643. The van der Waals surface area contributed by atoms with Gasteiger partial charge in [-0.15, -0.1) is 0 Å². The zero-order valence-corrected chi connectivity index (χ0v) is 11.5. The van der Waals surface area contributed by atoms with Crippen LogP contribution in [0.1, 0.15) is 47.5 Å². The van der Waals surface area contributed by atoms with Crippen molar-refractivity contribution in [3.8, 4) is 0 Å². The van der Waals surface area contributed by atoms with Crippen molar-refractivity contribution in [2.45, 2.75) is 59.7 Å². The summed E-state index contributed by atoms with van der Waals surface area (Å²) >= 11 is 0. The summed E-state index contributed by atoms with van der Waals surface area (Å²) in [5.41, 5.74) is 2.27. The molecule has 0 aliphatic carbocycles. The van der Waals surface area contributed by atoms with Crippen molar-refractivity contribution in [3.63, 3.8) is 0 Å². The van der Waals surface area contributed by atoms with Gasteiger partial charge in [0.25, 0.3) is 0 Å². The molecule has 0 aromatic rings. The van der Waals surface area contributed by atoms with Crippen LogP contribution >= 0.6 is 0 Å². The molecule has 0 rings (SSSR count). The van der Waals surface area contributed by atoms with Crippen molar-refractivity contribution >= 4 is 5.97 Å². The van der Waals surface area contributed by atoms with Gasteiger partial charge in [0.05, 0.1) is 6.10 Å². The maximum atomic E-state index is 11.4. The number of ether oxygens (including phenoxy) is 1. The molecule has 1 N–H and O–H groups in total. The van der Waals surface area contributed by atoms with Gasteiger partial charge < -0.3 is 9.84 Å². The molecule has 17 heavy (non-hydrogen) atoms. The van der Waals surface area contributed by atoms with Gasteiger partial charge in [0.1, 0.15) is 6.10 Å². The molecular formula is C14H24O3. The number of aliphatic hydroxyl groups excluding tert-OH is 1. The highest BCUT2D eigenvalue weighted by Gasteiger charge is 2.12. The molecule has 0 heterocycles. The third-order valence-electron chi connectivity index (χ3n) is 2.44. The van der Waals surface area contributed by atoms with Crippen LogP contribution in [0.25, 0.3) is 0 Å². The van der Waals surface area contributed by atoms with E-state index in [1.807, 2.05) is 6.92 Å². The molecule has 98 valence electrons. The van der Waals surface area contributed by atoms with Crippen LogP contribution in [0.4, 0.5) is 0 Å². The summed E-state index contributed by atoms with van der Waals surface area (Å²) in [4.78, 5) is 11.4. The van der Waals surface area contributed by atoms with Crippen molar-refractivity contribution in [1.82, 2.24) is 0 Å². The van der Waals surface area contributed by atoms with Crippen LogP contribution in [0.3, 0.4) is 0 Å². The second-order valence-electron chi connectivity index (χ2n) is 4.69. The predicted octanol–water partition coefficient (Wildman–Crippen LogP) is 2.99. The summed E-state index contributed by atoms with van der Waals surface area (Å²) in [5, 5.41) is 9.20. The van der Waals surface area contributed by atoms with Crippen LogP contribution in [-0.4, -0.2) is 23.3 Å². The van der Waals surface area contributed by atoms with Crippen molar-refractivity contribution < 1.29 is 14.6 Å². The number of allylic oxidation sites excluding steroid dienone is 3. The monoisotopic (exact) mass is 240 g/mol. The Morgan fingerprint density at radius 2 is 1.88 bits per heavy atom. The summed E-state index contributed by atoms with van der Waals surface area (Å²) in [6, 6.07) is 0. The van der Waals surface area contributed by atoms with Gasteiger partial charge in [0, 0.05) is 6.08 Å². The van der Waals surface area contributed by atoms with Gasteiger partial charge in [0.2, 0.25) is 0 Å². The normalized spacial score (nSPS) is 15.1. The summed E-state index contributed by atoms with van der Waals surface area (Å²) in [5.74, 6) is -0.381. The van der Waals surface area contributed by atoms with Crippen molar-refractivity contribution in [2.24, 2.45) is 0 Å². The quantitative estimate of drug-likeness (QED) is 0.441. The first-order valence-electron chi connectivity index (χ1n) is 6.02. The van der Waals surface area contributed by atoms with Crippen molar-refractivity contribution in [3.05, 3.63) is 23.3 Å². The van der Waals surface area contributed by atoms with E-state index in [1.165, 1.54) is 11.6 Å². The highest BCUT2D eigenvalue weighted by Crippen LogP contribution is 2.08. The first-order chi connectivity index (χ1) is 7.82. The molecule has 0 aromatic heterocycles. The molecule has 0 amide bonds. The minimum absolute atomic E-state index is 0.381. The van der Waals surface area contributed by atoms with Gasteiger partial charge >= 0.3 is 5.97 Å². The number of hydrogen-bond acceptors (Lipinski definition) is 3. The highest BCUT2D eigenvalue weighted by atomic mass is 16.6. The van der Waals surface area contributed by atoms with Crippen LogP contribution in [0.15, 0.2) is 23.3 Å². The number of hydrogen-bond donors (Lipinski definition) is 1. The molecule has 0 aliphatic heterocycles. The molecule has 0 aliphatic rings. The number of rotatable bonds is 6. The number of aliphatic hydroxyl groups is 1. The van der Waals surface area contributed by atoms with E-state index in [9.17, 15) is 9.90 Å². The lowest BCUT2D eigenvalue weighted by molar-refractivity contribution is -0.146. The Morgan fingerprint density at radius 1 is 1.29 bits per heavy atom. The fourth-order valence-electron chi connectivity index (χ4n) is 1.18. The zero-order chi connectivity index (χ0) is 13.4. The number of carbonyl (C=O) groups excluding carboxylic acids is 1. The third-order valence-corrected chi connectivity index (χ3v) is 2.44. The van der Waals surface area contributed by atoms with E-state index >= 15 is 0 Å². The van der Waals surface area contributed by atoms with E-state index < -0.39 is 12.2 Å². The first kappa shape index (κ1) is 15.9. The van der Waals surface area contributed by atoms with Crippen LogP contribution < -0.4 is 0 Å². The first-order valence-corrected chi connectivity index (χ1v) is 6.02. The van der Waals surface area contributed by atoms with Crippen LogP contribution in [-0.2, 0) is 9.53 Å². The van der Waals surface area contributed by atoms with Gasteiger partial charge in [-0.2, -0.15) is 0 Å². The van der Waals surface area contributed by atoms with E-state index in [2.05, 4.69) is 19.9 Å². The van der Waals surface area contributed by atoms with E-state index in [1.54, 1.807) is 13.8 Å². The fourth-order valence-corrected chi connectivity index (χ4v) is 1.18. The molecule has 0 radical (unpaired) electrons. The van der Waals surface area contributed by atoms with Crippen LogP contribution in [0.2, 0.25) is 0 Å². The van der Waals surface area contributed by atoms with Crippen LogP contribution in [0.5, 0.6) is 0 Å². The summed E-state index contributed by atoms with van der Waals surface area (Å²) in [6.45, 7) is 9.29. The third kappa shape index (κ3) is 8.69. The van der Waals surface area contributed by atoms with Gasteiger partial charge in [0.15, 0.2) is 0 Å². The van der Waals surface area contributed by atoms with Gasteiger partial charge in [-0.1, -0.05) is 17.2 Å². The lowest BCUT2D eigenvalue weighted by atomic mass is 10.1. The largest absolute Gasteiger partial charge is 0.457 e. The average molecular weight is 240 g/mol. The number of esters is 1. The Morgan fingerprint density at radius 3 is 2.35 bits per heavy atom. The average Bonchev–Trinajstić information content (AvgIpc) is 2.16. The van der Waals surface area contributed by atoms with Gasteiger partial charge in [-0.25, -0.2) is 4.79 Å². The van der Waals surface area contributed by atoms with Crippen molar-refractivity contribution in [1.29, 1.82) is 0 Å². The second-order valence-corrected chi connectivity index (χ2v) is 4.69.